The van der Waals surface area contributed by atoms with Crippen LogP contribution < -0.4 is 4.74 Å². The fourth-order valence-electron chi connectivity index (χ4n) is 2.44. The number of hydrogen-bond donors (Lipinski definition) is 0. The summed E-state index contributed by atoms with van der Waals surface area (Å²) in [5, 5.41) is 0. The Hall–Kier alpha value is -2.85. The summed E-state index contributed by atoms with van der Waals surface area (Å²) in [6, 6.07) is 19.8. The van der Waals surface area contributed by atoms with Crippen LogP contribution in [0.15, 0.2) is 84.0 Å². The van der Waals surface area contributed by atoms with Crippen molar-refractivity contribution in [1.82, 2.24) is 4.98 Å². The maximum atomic E-state index is 12.1. The summed E-state index contributed by atoms with van der Waals surface area (Å²) in [6.45, 7) is 0. The monoisotopic (exact) mass is 361 g/mol. The van der Waals surface area contributed by atoms with Gasteiger partial charge in [0.25, 0.3) is 0 Å². The molecule has 0 spiro atoms. The van der Waals surface area contributed by atoms with Crippen LogP contribution in [0.3, 0.4) is 0 Å². The van der Waals surface area contributed by atoms with Crippen LogP contribution in [-0.4, -0.2) is 17.9 Å². The highest BCUT2D eigenvalue weighted by atomic mass is 32.2. The van der Waals surface area contributed by atoms with Crippen LogP contribution in [-0.2, 0) is 5.75 Å². The molecule has 1 aromatic heterocycles. The fraction of sp³-hybridized carbons (Fsp3) is 0.0909. The number of carbonyl (C=O) groups is 1. The van der Waals surface area contributed by atoms with Crippen LogP contribution >= 0.6 is 11.8 Å². The van der Waals surface area contributed by atoms with Gasteiger partial charge >= 0.3 is 0 Å². The molecule has 0 aliphatic rings. The Kier molecular flexibility index (Phi) is 6.23. The largest absolute Gasteiger partial charge is 0.496 e. The van der Waals surface area contributed by atoms with Crippen molar-refractivity contribution in [3.63, 3.8) is 0 Å². The van der Waals surface area contributed by atoms with Crippen molar-refractivity contribution >= 4 is 23.6 Å². The third-order valence-electron chi connectivity index (χ3n) is 3.82. The molecule has 130 valence electrons. The van der Waals surface area contributed by atoms with Crippen LogP contribution in [0.1, 0.15) is 21.5 Å². The number of methoxy groups -OCH3 is 1. The Bertz CT molecular complexity index is 893. The molecule has 0 amide bonds. The number of benzene rings is 2. The van der Waals surface area contributed by atoms with E-state index in [4.69, 9.17) is 4.74 Å². The molecule has 0 aliphatic carbocycles. The van der Waals surface area contributed by atoms with Crippen molar-refractivity contribution in [3.8, 4) is 5.75 Å². The highest BCUT2D eigenvalue weighted by Crippen LogP contribution is 2.29. The van der Waals surface area contributed by atoms with E-state index in [0.29, 0.717) is 5.56 Å². The molecule has 0 aliphatic heterocycles. The van der Waals surface area contributed by atoms with Gasteiger partial charge < -0.3 is 4.74 Å². The predicted molar refractivity (Wildman–Crippen MR) is 107 cm³/mol. The van der Waals surface area contributed by atoms with Gasteiger partial charge in [-0.1, -0.05) is 36.4 Å². The molecular weight excluding hydrogens is 342 g/mol. The van der Waals surface area contributed by atoms with Crippen LogP contribution in [0.2, 0.25) is 0 Å². The van der Waals surface area contributed by atoms with Crippen molar-refractivity contribution in [2.45, 2.75) is 10.6 Å². The second kappa shape index (κ2) is 9.02. The van der Waals surface area contributed by atoms with Crippen molar-refractivity contribution < 1.29 is 9.53 Å². The van der Waals surface area contributed by atoms with Gasteiger partial charge in [0.15, 0.2) is 5.78 Å². The minimum Gasteiger partial charge on any atom is -0.496 e. The van der Waals surface area contributed by atoms with Gasteiger partial charge in [0.2, 0.25) is 0 Å². The Labute approximate surface area is 157 Å². The molecule has 0 saturated heterocycles. The normalized spacial score (nSPS) is 10.8. The topological polar surface area (TPSA) is 39.2 Å². The molecule has 26 heavy (non-hydrogen) atoms. The van der Waals surface area contributed by atoms with Crippen molar-refractivity contribution in [2.24, 2.45) is 0 Å². The molecule has 0 radical (unpaired) electrons. The molecule has 4 heteroatoms. The van der Waals surface area contributed by atoms with Crippen LogP contribution in [0, 0.1) is 0 Å². The molecule has 0 bridgehead atoms. The number of carbonyl (C=O) groups excluding carboxylic acids is 1. The van der Waals surface area contributed by atoms with Crippen LogP contribution in [0.25, 0.3) is 6.08 Å². The predicted octanol–water partition coefficient (Wildman–Crippen LogP) is 5.28. The standard InChI is InChI=1S/C22H19NO2S/c1-25-22-14-17(10-12-21(24)18-6-5-13-23-15-18)9-11-19(22)16-26-20-7-3-2-4-8-20/h2-15H,16H2,1H3/b12-10+. The molecular formula is C22H19NO2S. The number of thioether (sulfide) groups is 1. The summed E-state index contributed by atoms with van der Waals surface area (Å²) in [4.78, 5) is 17.3. The maximum Gasteiger partial charge on any atom is 0.187 e. The van der Waals surface area contributed by atoms with Gasteiger partial charge in [-0.3, -0.25) is 9.78 Å². The van der Waals surface area contributed by atoms with Gasteiger partial charge in [0.1, 0.15) is 5.75 Å². The van der Waals surface area contributed by atoms with E-state index in [-0.39, 0.29) is 5.78 Å². The summed E-state index contributed by atoms with van der Waals surface area (Å²) in [7, 11) is 1.67. The van der Waals surface area contributed by atoms with E-state index in [1.807, 2.05) is 36.4 Å². The lowest BCUT2D eigenvalue weighted by Crippen LogP contribution is -1.94. The van der Waals surface area contributed by atoms with E-state index in [2.05, 4.69) is 17.1 Å². The summed E-state index contributed by atoms with van der Waals surface area (Å²) in [5.41, 5.74) is 2.62. The summed E-state index contributed by atoms with van der Waals surface area (Å²) >= 11 is 1.77. The van der Waals surface area contributed by atoms with Crippen molar-refractivity contribution in [2.75, 3.05) is 7.11 Å². The van der Waals surface area contributed by atoms with Crippen molar-refractivity contribution in [1.29, 1.82) is 0 Å². The lowest BCUT2D eigenvalue weighted by atomic mass is 10.1. The summed E-state index contributed by atoms with van der Waals surface area (Å²) in [5.74, 6) is 1.58. The molecule has 0 atom stereocenters. The van der Waals surface area contributed by atoms with Gasteiger partial charge in [-0.15, -0.1) is 11.8 Å². The van der Waals surface area contributed by atoms with Gasteiger partial charge in [-0.2, -0.15) is 0 Å². The van der Waals surface area contributed by atoms with Gasteiger partial charge in [-0.05, 0) is 42.0 Å². The zero-order valence-electron chi connectivity index (χ0n) is 14.5. The Morgan fingerprint density at radius 2 is 1.96 bits per heavy atom. The van der Waals surface area contributed by atoms with Crippen LogP contribution in [0.4, 0.5) is 0 Å². The van der Waals surface area contributed by atoms with E-state index in [1.54, 1.807) is 55.6 Å². The third-order valence-corrected chi connectivity index (χ3v) is 4.88. The second-order valence-corrected chi connectivity index (χ2v) is 6.66. The smallest absolute Gasteiger partial charge is 0.187 e. The number of nitrogens with zero attached hydrogens (tertiary/aromatic N) is 1. The lowest BCUT2D eigenvalue weighted by molar-refractivity contribution is 0.104. The number of ether oxygens (including phenoxy) is 1. The second-order valence-electron chi connectivity index (χ2n) is 5.61. The molecule has 0 saturated carbocycles. The van der Waals surface area contributed by atoms with Gasteiger partial charge in [-0.25, -0.2) is 0 Å². The van der Waals surface area contributed by atoms with E-state index < -0.39 is 0 Å². The number of rotatable bonds is 7. The number of ketones is 1. The number of allylic oxidation sites excluding steroid dienone is 1. The molecule has 3 nitrogen and oxygen atoms in total. The fourth-order valence-corrected chi connectivity index (χ4v) is 3.35. The number of aromatic nitrogens is 1. The first-order valence-corrected chi connectivity index (χ1v) is 9.22. The molecule has 3 rings (SSSR count). The molecule has 1 heterocycles. The summed E-state index contributed by atoms with van der Waals surface area (Å²) < 4.78 is 5.52. The zero-order valence-corrected chi connectivity index (χ0v) is 15.3. The first-order chi connectivity index (χ1) is 12.8. The highest BCUT2D eigenvalue weighted by Gasteiger charge is 2.06. The number of hydrogen-bond acceptors (Lipinski definition) is 4. The Morgan fingerprint density at radius 3 is 2.69 bits per heavy atom. The van der Waals surface area contributed by atoms with E-state index in [0.717, 1.165) is 22.6 Å². The Morgan fingerprint density at radius 1 is 1.12 bits per heavy atom. The molecule has 2 aromatic carbocycles. The molecule has 0 unspecified atom stereocenters. The van der Waals surface area contributed by atoms with E-state index in [1.165, 1.54) is 4.90 Å². The minimum atomic E-state index is -0.0687. The zero-order chi connectivity index (χ0) is 18.2. The van der Waals surface area contributed by atoms with E-state index >= 15 is 0 Å². The van der Waals surface area contributed by atoms with E-state index in [9.17, 15) is 4.79 Å². The average Bonchev–Trinajstić information content (AvgIpc) is 2.72. The molecule has 0 fully saturated rings. The SMILES string of the molecule is COc1cc(/C=C/C(=O)c2cccnc2)ccc1CSc1ccccc1. The highest BCUT2D eigenvalue weighted by molar-refractivity contribution is 7.98. The van der Waals surface area contributed by atoms with Crippen LogP contribution in [0.5, 0.6) is 5.75 Å². The minimum absolute atomic E-state index is 0.0687. The average molecular weight is 361 g/mol. The van der Waals surface area contributed by atoms with Crippen molar-refractivity contribution in [3.05, 3.63) is 95.8 Å². The maximum absolute atomic E-state index is 12.1. The first-order valence-electron chi connectivity index (χ1n) is 8.23. The molecule has 0 N–H and O–H groups in total. The quantitative estimate of drug-likeness (QED) is 0.326. The lowest BCUT2D eigenvalue weighted by Gasteiger charge is -2.09. The van der Waals surface area contributed by atoms with Gasteiger partial charge in [0.05, 0.1) is 7.11 Å². The third kappa shape index (κ3) is 4.83. The first kappa shape index (κ1) is 18.0. The Balaban J connectivity index is 1.70. The number of pyridine rings is 1. The molecule has 3 aromatic rings. The van der Waals surface area contributed by atoms with Gasteiger partial charge in [0, 0.05) is 34.2 Å². The summed E-state index contributed by atoms with van der Waals surface area (Å²) in [6.07, 6.45) is 6.57.